The summed E-state index contributed by atoms with van der Waals surface area (Å²) in [5, 5.41) is 8.53. The first-order valence-corrected chi connectivity index (χ1v) is 8.61. The molecule has 0 unspecified atom stereocenters. The van der Waals surface area contributed by atoms with Gasteiger partial charge in [-0.1, -0.05) is 0 Å². The van der Waals surface area contributed by atoms with E-state index in [0.29, 0.717) is 24.9 Å². The Bertz CT molecular complexity index is 800. The van der Waals surface area contributed by atoms with Gasteiger partial charge in [0.05, 0.1) is 28.8 Å². The van der Waals surface area contributed by atoms with Gasteiger partial charge < -0.3 is 10.1 Å². The molecule has 0 amide bonds. The highest BCUT2D eigenvalue weighted by Crippen LogP contribution is 2.35. The van der Waals surface area contributed by atoms with Crippen molar-refractivity contribution in [3.63, 3.8) is 0 Å². The van der Waals surface area contributed by atoms with Gasteiger partial charge >= 0.3 is 5.97 Å². The minimum atomic E-state index is -0.466. The van der Waals surface area contributed by atoms with Gasteiger partial charge in [0.15, 0.2) is 11.9 Å². The second kappa shape index (κ2) is 6.46. The Morgan fingerprint density at radius 2 is 2.12 bits per heavy atom. The number of aryl methyl sites for hydroxylation is 1. The van der Waals surface area contributed by atoms with Gasteiger partial charge in [-0.05, 0) is 40.5 Å². The van der Waals surface area contributed by atoms with Crippen molar-refractivity contribution >= 4 is 29.0 Å². The molecule has 2 heterocycles. The van der Waals surface area contributed by atoms with Crippen molar-refractivity contribution in [3.05, 3.63) is 18.0 Å². The number of esters is 1. The molecule has 1 fully saturated rings. The van der Waals surface area contributed by atoms with Crippen molar-refractivity contribution in [2.75, 3.05) is 5.32 Å². The third kappa shape index (κ3) is 3.50. The minimum absolute atomic E-state index is 0.0906. The first kappa shape index (κ1) is 17.4. The number of ether oxygens (including phenoxy) is 1. The van der Waals surface area contributed by atoms with Crippen LogP contribution in [0.4, 0.5) is 5.69 Å². The fraction of sp³-hybridized carbons (Fsp3) is 0.556. The van der Waals surface area contributed by atoms with Crippen molar-refractivity contribution in [2.45, 2.75) is 58.7 Å². The molecule has 2 aromatic heterocycles. The SMILES string of the molecule is CCn1ncc2c(NC3CC(C(=O)OC(C)(C)C)C3)c(C=O)cnc21. The van der Waals surface area contributed by atoms with Gasteiger partial charge in [0.1, 0.15) is 5.60 Å². The summed E-state index contributed by atoms with van der Waals surface area (Å²) in [5.41, 5.74) is 1.53. The lowest BCUT2D eigenvalue weighted by molar-refractivity contribution is -0.163. The molecule has 0 bridgehead atoms. The van der Waals surface area contributed by atoms with Crippen LogP contribution in [-0.2, 0) is 16.1 Å². The zero-order valence-electron chi connectivity index (χ0n) is 15.1. The monoisotopic (exact) mass is 344 g/mol. The lowest BCUT2D eigenvalue weighted by atomic mass is 9.80. The lowest BCUT2D eigenvalue weighted by Gasteiger charge is -2.36. The van der Waals surface area contributed by atoms with Crippen LogP contribution in [0.3, 0.4) is 0 Å². The van der Waals surface area contributed by atoms with Crippen LogP contribution in [-0.4, -0.2) is 38.7 Å². The van der Waals surface area contributed by atoms with E-state index in [9.17, 15) is 9.59 Å². The van der Waals surface area contributed by atoms with Gasteiger partial charge in [0.2, 0.25) is 0 Å². The van der Waals surface area contributed by atoms with Crippen molar-refractivity contribution in [1.29, 1.82) is 0 Å². The fourth-order valence-corrected chi connectivity index (χ4v) is 3.04. The maximum atomic E-state index is 12.1. The summed E-state index contributed by atoms with van der Waals surface area (Å²) in [4.78, 5) is 27.8. The molecule has 0 spiro atoms. The zero-order chi connectivity index (χ0) is 18.2. The molecule has 0 saturated heterocycles. The van der Waals surface area contributed by atoms with Gasteiger partial charge in [-0.2, -0.15) is 5.10 Å². The Kier molecular flexibility index (Phi) is 4.49. The lowest BCUT2D eigenvalue weighted by Crippen LogP contribution is -2.42. The standard InChI is InChI=1S/C18H24N4O3/c1-5-22-16-14(9-20-22)15(12(10-23)8-19-16)21-13-6-11(7-13)17(24)25-18(2,3)4/h8-11,13H,5-7H2,1-4H3,(H,19,21). The van der Waals surface area contributed by atoms with E-state index in [1.165, 1.54) is 0 Å². The number of fused-ring (bicyclic) bond motifs is 1. The summed E-state index contributed by atoms with van der Waals surface area (Å²) >= 11 is 0. The zero-order valence-corrected chi connectivity index (χ0v) is 15.1. The molecule has 25 heavy (non-hydrogen) atoms. The van der Waals surface area contributed by atoms with Crippen LogP contribution >= 0.6 is 0 Å². The van der Waals surface area contributed by atoms with E-state index in [0.717, 1.165) is 23.0 Å². The van der Waals surface area contributed by atoms with E-state index in [-0.39, 0.29) is 17.9 Å². The minimum Gasteiger partial charge on any atom is -0.460 e. The highest BCUT2D eigenvalue weighted by atomic mass is 16.6. The Balaban J connectivity index is 1.73. The molecule has 0 atom stereocenters. The predicted octanol–water partition coefficient (Wildman–Crippen LogP) is 2.80. The van der Waals surface area contributed by atoms with Gasteiger partial charge in [-0.15, -0.1) is 0 Å². The summed E-state index contributed by atoms with van der Waals surface area (Å²) in [5.74, 6) is -0.244. The number of hydrogen-bond acceptors (Lipinski definition) is 6. The molecule has 7 heteroatoms. The molecule has 3 rings (SSSR count). The molecule has 1 aliphatic carbocycles. The van der Waals surface area contributed by atoms with Crippen molar-refractivity contribution < 1.29 is 14.3 Å². The van der Waals surface area contributed by atoms with E-state index in [1.807, 2.05) is 27.7 Å². The van der Waals surface area contributed by atoms with Crippen LogP contribution in [0.15, 0.2) is 12.4 Å². The molecular formula is C18H24N4O3. The van der Waals surface area contributed by atoms with E-state index in [2.05, 4.69) is 15.4 Å². The third-order valence-corrected chi connectivity index (χ3v) is 4.35. The highest BCUT2D eigenvalue weighted by molar-refractivity contribution is 5.99. The molecular weight excluding hydrogens is 320 g/mol. The second-order valence-electron chi connectivity index (χ2n) is 7.45. The molecule has 134 valence electrons. The van der Waals surface area contributed by atoms with E-state index in [4.69, 9.17) is 4.74 Å². The Hall–Kier alpha value is -2.44. The maximum absolute atomic E-state index is 12.1. The van der Waals surface area contributed by atoms with E-state index < -0.39 is 5.60 Å². The molecule has 0 aromatic carbocycles. The third-order valence-electron chi connectivity index (χ3n) is 4.35. The highest BCUT2D eigenvalue weighted by Gasteiger charge is 2.37. The van der Waals surface area contributed by atoms with Crippen LogP contribution in [0.25, 0.3) is 11.0 Å². The van der Waals surface area contributed by atoms with Crippen molar-refractivity contribution in [2.24, 2.45) is 5.92 Å². The van der Waals surface area contributed by atoms with Crippen molar-refractivity contribution in [3.8, 4) is 0 Å². The molecule has 1 saturated carbocycles. The molecule has 1 N–H and O–H groups in total. The summed E-state index contributed by atoms with van der Waals surface area (Å²) < 4.78 is 7.22. The Morgan fingerprint density at radius 1 is 1.40 bits per heavy atom. The largest absolute Gasteiger partial charge is 0.460 e. The fourth-order valence-electron chi connectivity index (χ4n) is 3.04. The predicted molar refractivity (Wildman–Crippen MR) is 94.6 cm³/mol. The molecule has 0 aliphatic heterocycles. The van der Waals surface area contributed by atoms with Crippen LogP contribution in [0.1, 0.15) is 50.9 Å². The van der Waals surface area contributed by atoms with Crippen LogP contribution < -0.4 is 5.32 Å². The number of carbonyl (C=O) groups is 2. The average Bonchev–Trinajstić information content (AvgIpc) is 2.91. The van der Waals surface area contributed by atoms with Gasteiger partial charge in [-0.3, -0.25) is 9.59 Å². The Morgan fingerprint density at radius 3 is 2.72 bits per heavy atom. The topological polar surface area (TPSA) is 86.1 Å². The van der Waals surface area contributed by atoms with Gasteiger partial charge in [0, 0.05) is 18.8 Å². The number of nitrogens with one attached hydrogen (secondary N) is 1. The van der Waals surface area contributed by atoms with Crippen LogP contribution in [0.2, 0.25) is 0 Å². The number of hydrogen-bond donors (Lipinski definition) is 1. The summed E-state index contributed by atoms with van der Waals surface area (Å²) in [6.07, 6.45) is 5.47. The normalized spacial score (nSPS) is 20.2. The summed E-state index contributed by atoms with van der Waals surface area (Å²) in [6, 6.07) is 0.131. The maximum Gasteiger partial charge on any atom is 0.309 e. The van der Waals surface area contributed by atoms with Crippen molar-refractivity contribution in [1.82, 2.24) is 14.8 Å². The first-order valence-electron chi connectivity index (χ1n) is 8.61. The summed E-state index contributed by atoms with van der Waals surface area (Å²) in [7, 11) is 0. The van der Waals surface area contributed by atoms with E-state index >= 15 is 0 Å². The smallest absolute Gasteiger partial charge is 0.309 e. The van der Waals surface area contributed by atoms with Gasteiger partial charge in [0.25, 0.3) is 0 Å². The second-order valence-corrected chi connectivity index (χ2v) is 7.45. The van der Waals surface area contributed by atoms with Gasteiger partial charge in [-0.25, -0.2) is 9.67 Å². The number of aldehydes is 1. The average molecular weight is 344 g/mol. The Labute approximate surface area is 146 Å². The van der Waals surface area contributed by atoms with E-state index in [1.54, 1.807) is 17.1 Å². The first-order chi connectivity index (χ1) is 11.8. The van der Waals surface area contributed by atoms with Crippen LogP contribution in [0, 0.1) is 5.92 Å². The quantitative estimate of drug-likeness (QED) is 0.663. The molecule has 0 radical (unpaired) electrons. The number of anilines is 1. The number of nitrogens with zero attached hydrogens (tertiary/aromatic N) is 3. The van der Waals surface area contributed by atoms with Crippen LogP contribution in [0.5, 0.6) is 0 Å². The number of aromatic nitrogens is 3. The number of carbonyl (C=O) groups excluding carboxylic acids is 2. The number of pyridine rings is 1. The molecule has 1 aliphatic rings. The molecule has 7 nitrogen and oxygen atoms in total. The molecule has 2 aromatic rings. The summed E-state index contributed by atoms with van der Waals surface area (Å²) in [6.45, 7) is 8.31. The number of rotatable bonds is 5.